The molecule has 1 N–H and O–H groups in total. The van der Waals surface area contributed by atoms with Crippen molar-refractivity contribution in [2.24, 2.45) is 0 Å². The number of hydrogen-bond acceptors (Lipinski definition) is 2. The molecule has 0 radical (unpaired) electrons. The summed E-state index contributed by atoms with van der Waals surface area (Å²) in [5.41, 5.74) is 1.71. The molecule has 0 aliphatic rings. The van der Waals surface area contributed by atoms with Crippen LogP contribution in [0.2, 0.25) is 0 Å². The molecule has 1 aromatic heterocycles. The quantitative estimate of drug-likeness (QED) is 0.887. The van der Waals surface area contributed by atoms with Crippen molar-refractivity contribution in [3.05, 3.63) is 52.5 Å². The van der Waals surface area contributed by atoms with E-state index in [4.69, 9.17) is 5.11 Å². The summed E-state index contributed by atoms with van der Waals surface area (Å²) in [6.07, 6.45) is 6.25. The number of aryl methyl sites for hydroxylation is 1. The Bertz CT molecular complexity index is 617. The average molecular weight is 307 g/mol. The fraction of sp³-hybridized carbons (Fsp3) is 0.0769. The van der Waals surface area contributed by atoms with Crippen LogP contribution in [0.4, 0.5) is 0 Å². The zero-order valence-electron chi connectivity index (χ0n) is 9.67. The fourth-order valence-electron chi connectivity index (χ4n) is 1.66. The van der Waals surface area contributed by atoms with Gasteiger partial charge in [0, 0.05) is 22.9 Å². The van der Waals surface area contributed by atoms with Gasteiger partial charge in [0.1, 0.15) is 5.82 Å². The van der Waals surface area contributed by atoms with E-state index in [2.05, 4.69) is 20.9 Å². The van der Waals surface area contributed by atoms with Crippen LogP contribution in [0.25, 0.3) is 11.8 Å². The van der Waals surface area contributed by atoms with E-state index in [1.54, 1.807) is 12.3 Å². The number of halogens is 1. The van der Waals surface area contributed by atoms with Crippen LogP contribution in [0.5, 0.6) is 0 Å². The molecule has 0 spiro atoms. The Kier molecular flexibility index (Phi) is 3.62. The number of rotatable bonds is 3. The molecule has 2 aromatic rings. The highest BCUT2D eigenvalue weighted by Gasteiger charge is 2.06. The largest absolute Gasteiger partial charge is 0.478 e. The molecule has 5 heteroatoms. The lowest BCUT2D eigenvalue weighted by Crippen LogP contribution is -1.98. The van der Waals surface area contributed by atoms with Gasteiger partial charge in [0.25, 0.3) is 0 Å². The van der Waals surface area contributed by atoms with E-state index in [9.17, 15) is 4.79 Å². The van der Waals surface area contributed by atoms with Crippen molar-refractivity contribution in [3.63, 3.8) is 0 Å². The van der Waals surface area contributed by atoms with E-state index in [0.29, 0.717) is 0 Å². The van der Waals surface area contributed by atoms with Crippen LogP contribution in [0.3, 0.4) is 0 Å². The fourth-order valence-corrected chi connectivity index (χ4v) is 2.01. The number of aromatic nitrogens is 2. The molecule has 4 nitrogen and oxygen atoms in total. The number of carbonyl (C=O) groups is 1. The van der Waals surface area contributed by atoms with Crippen molar-refractivity contribution in [2.45, 2.75) is 6.92 Å². The van der Waals surface area contributed by atoms with Crippen LogP contribution in [0.1, 0.15) is 11.4 Å². The van der Waals surface area contributed by atoms with E-state index in [-0.39, 0.29) is 0 Å². The van der Waals surface area contributed by atoms with Gasteiger partial charge in [-0.3, -0.25) is 0 Å². The summed E-state index contributed by atoms with van der Waals surface area (Å²) < 4.78 is 2.84. The first-order chi connectivity index (χ1) is 8.58. The van der Waals surface area contributed by atoms with Crippen LogP contribution >= 0.6 is 15.9 Å². The number of aliphatic carboxylic acids is 1. The Labute approximate surface area is 113 Å². The summed E-state index contributed by atoms with van der Waals surface area (Å²) in [5, 5.41) is 8.69. The summed E-state index contributed by atoms with van der Waals surface area (Å²) in [6.45, 7) is 1.89. The first-order valence-corrected chi connectivity index (χ1v) is 6.08. The predicted octanol–water partition coefficient (Wildman–Crippen LogP) is 3.04. The molecule has 0 aliphatic carbocycles. The lowest BCUT2D eigenvalue weighted by atomic mass is 10.1. The van der Waals surface area contributed by atoms with Crippen molar-refractivity contribution >= 4 is 28.0 Å². The molecule has 1 heterocycles. The molecule has 0 saturated heterocycles. The highest BCUT2D eigenvalue weighted by Crippen LogP contribution is 2.22. The summed E-state index contributed by atoms with van der Waals surface area (Å²) in [7, 11) is 0. The Hall–Kier alpha value is -1.88. The van der Waals surface area contributed by atoms with Crippen molar-refractivity contribution < 1.29 is 9.90 Å². The minimum atomic E-state index is -0.966. The van der Waals surface area contributed by atoms with Crippen LogP contribution < -0.4 is 0 Å². The maximum absolute atomic E-state index is 10.6. The van der Waals surface area contributed by atoms with Gasteiger partial charge in [-0.15, -0.1) is 0 Å². The van der Waals surface area contributed by atoms with E-state index in [1.165, 1.54) is 0 Å². The molecule has 0 bridgehead atoms. The third-order valence-electron chi connectivity index (χ3n) is 2.48. The third-order valence-corrected chi connectivity index (χ3v) is 2.98. The molecule has 92 valence electrons. The molecule has 0 saturated carbocycles. The van der Waals surface area contributed by atoms with Gasteiger partial charge in [0.15, 0.2) is 0 Å². The van der Waals surface area contributed by atoms with Crippen LogP contribution in [0, 0.1) is 6.92 Å². The number of carboxylic acids is 1. The molecule has 0 aliphatic heterocycles. The van der Waals surface area contributed by atoms with Crippen molar-refractivity contribution in [3.8, 4) is 5.69 Å². The molecule has 0 fully saturated rings. The minimum absolute atomic E-state index is 0.821. The van der Waals surface area contributed by atoms with Crippen molar-refractivity contribution in [2.75, 3.05) is 0 Å². The van der Waals surface area contributed by atoms with Gasteiger partial charge in [-0.25, -0.2) is 9.78 Å². The zero-order valence-corrected chi connectivity index (χ0v) is 11.3. The molecule has 2 rings (SSSR count). The maximum Gasteiger partial charge on any atom is 0.328 e. The van der Waals surface area contributed by atoms with Gasteiger partial charge in [-0.2, -0.15) is 0 Å². The lowest BCUT2D eigenvalue weighted by molar-refractivity contribution is -0.131. The van der Waals surface area contributed by atoms with Gasteiger partial charge < -0.3 is 9.67 Å². The van der Waals surface area contributed by atoms with Gasteiger partial charge in [0.2, 0.25) is 0 Å². The second kappa shape index (κ2) is 5.18. The zero-order chi connectivity index (χ0) is 13.1. The number of nitrogens with zero attached hydrogens (tertiary/aromatic N) is 2. The topological polar surface area (TPSA) is 55.1 Å². The highest BCUT2D eigenvalue weighted by atomic mass is 79.9. The van der Waals surface area contributed by atoms with E-state index in [0.717, 1.165) is 27.6 Å². The monoisotopic (exact) mass is 306 g/mol. The molecule has 18 heavy (non-hydrogen) atoms. The first-order valence-electron chi connectivity index (χ1n) is 5.29. The number of imidazole rings is 1. The Morgan fingerprint density at radius 2 is 2.28 bits per heavy atom. The number of carboxylic acid groups (broad SMARTS) is 1. The molecule has 0 atom stereocenters. The molecule has 1 aromatic carbocycles. The normalized spacial score (nSPS) is 11.0. The number of hydrogen-bond donors (Lipinski definition) is 1. The molecular weight excluding hydrogens is 296 g/mol. The third kappa shape index (κ3) is 2.68. The molecular formula is C13H11BrN2O2. The first kappa shape index (κ1) is 12.6. The lowest BCUT2D eigenvalue weighted by Gasteiger charge is -2.09. The standard InChI is InChI=1S/C13H11BrN2O2/c1-9-15-6-7-16(9)12-8-11(14)4-2-10(12)3-5-13(17)18/h2-8H,1H3,(H,17,18)/b5-3+. The Balaban J connectivity index is 2.54. The Morgan fingerprint density at radius 1 is 1.50 bits per heavy atom. The van der Waals surface area contributed by atoms with Gasteiger partial charge in [0.05, 0.1) is 5.69 Å². The molecule has 0 unspecified atom stereocenters. The molecule has 0 amide bonds. The predicted molar refractivity (Wildman–Crippen MR) is 72.7 cm³/mol. The number of benzene rings is 1. The summed E-state index contributed by atoms with van der Waals surface area (Å²) in [4.78, 5) is 14.8. The Morgan fingerprint density at radius 3 is 2.89 bits per heavy atom. The van der Waals surface area contributed by atoms with Crippen LogP contribution in [-0.2, 0) is 4.79 Å². The second-order valence-electron chi connectivity index (χ2n) is 3.72. The van der Waals surface area contributed by atoms with Crippen LogP contribution in [-0.4, -0.2) is 20.6 Å². The van der Waals surface area contributed by atoms with Crippen molar-refractivity contribution in [1.29, 1.82) is 0 Å². The summed E-state index contributed by atoms with van der Waals surface area (Å²) in [6, 6.07) is 5.66. The van der Waals surface area contributed by atoms with E-state index >= 15 is 0 Å². The second-order valence-corrected chi connectivity index (χ2v) is 4.63. The van der Waals surface area contributed by atoms with Crippen molar-refractivity contribution in [1.82, 2.24) is 9.55 Å². The van der Waals surface area contributed by atoms with E-state index < -0.39 is 5.97 Å². The maximum atomic E-state index is 10.6. The summed E-state index contributed by atoms with van der Waals surface area (Å²) >= 11 is 3.41. The van der Waals surface area contributed by atoms with Crippen LogP contribution in [0.15, 0.2) is 41.1 Å². The SMILES string of the molecule is Cc1nccn1-c1cc(Br)ccc1/C=C/C(=O)O. The van der Waals surface area contributed by atoms with Gasteiger partial charge in [-0.05, 0) is 30.7 Å². The smallest absolute Gasteiger partial charge is 0.328 e. The van der Waals surface area contributed by atoms with Gasteiger partial charge in [-0.1, -0.05) is 22.0 Å². The summed E-state index contributed by atoms with van der Waals surface area (Å²) in [5.74, 6) is -0.121. The van der Waals surface area contributed by atoms with E-state index in [1.807, 2.05) is 35.9 Å². The van der Waals surface area contributed by atoms with Gasteiger partial charge >= 0.3 is 5.97 Å². The highest BCUT2D eigenvalue weighted by molar-refractivity contribution is 9.10. The average Bonchev–Trinajstić information content (AvgIpc) is 2.73. The minimum Gasteiger partial charge on any atom is -0.478 e.